The van der Waals surface area contributed by atoms with E-state index in [2.05, 4.69) is 23.8 Å². The van der Waals surface area contributed by atoms with Gasteiger partial charge in [0.05, 0.1) is 20.4 Å². The number of carbonyl (C=O) groups excluding carboxylic acids is 1. The van der Waals surface area contributed by atoms with E-state index in [1.54, 1.807) is 26.4 Å². The average molecular weight is 437 g/mol. The van der Waals surface area contributed by atoms with Gasteiger partial charge in [-0.3, -0.25) is 4.98 Å². The second-order valence-corrected chi connectivity index (χ2v) is 7.83. The van der Waals surface area contributed by atoms with Crippen LogP contribution in [0, 0.1) is 11.8 Å². The quantitative estimate of drug-likeness (QED) is 0.391. The van der Waals surface area contributed by atoms with Crippen molar-refractivity contribution in [3.8, 4) is 23.0 Å². The summed E-state index contributed by atoms with van der Waals surface area (Å²) in [6.45, 7) is 4.41. The number of carbonyl (C=O) groups is 1. The number of hydrogen-bond acceptors (Lipinski definition) is 7. The van der Waals surface area contributed by atoms with Crippen molar-refractivity contribution in [1.82, 2.24) is 9.97 Å². The molecule has 1 N–H and O–H groups in total. The van der Waals surface area contributed by atoms with Crippen molar-refractivity contribution in [3.05, 3.63) is 71.8 Å². The first-order valence-electron chi connectivity index (χ1n) is 10.4. The number of phenolic OH excluding ortho intramolecular Hbond substituents is 1. The molecule has 3 aromatic rings. The zero-order valence-corrected chi connectivity index (χ0v) is 18.7. The van der Waals surface area contributed by atoms with Gasteiger partial charge in [-0.25, -0.2) is 9.78 Å². The van der Waals surface area contributed by atoms with Crippen LogP contribution in [0.2, 0.25) is 0 Å². The summed E-state index contributed by atoms with van der Waals surface area (Å²) in [5.41, 5.74) is 2.33. The van der Waals surface area contributed by atoms with Crippen LogP contribution in [0.5, 0.6) is 23.0 Å². The lowest BCUT2D eigenvalue weighted by molar-refractivity contribution is 0.0723. The van der Waals surface area contributed by atoms with Gasteiger partial charge in [0.1, 0.15) is 0 Å². The molecule has 0 spiro atoms. The standard InChI is InChI=1S/C25H28N2O5/c1-16(11-18-5-7-21(28)23(13-18)30-3)17(2)12-19-6-8-22(24(14-19)31-4)32-25(29)20-15-26-9-10-27-20/h5-10,13-17,28H,11-12H2,1-4H3/t16-,17+/m1/s1. The highest BCUT2D eigenvalue weighted by atomic mass is 16.6. The molecule has 1 heterocycles. The molecule has 0 amide bonds. The predicted octanol–water partition coefficient (Wildman–Crippen LogP) is 4.48. The number of hydrogen-bond donors (Lipinski definition) is 1. The fourth-order valence-corrected chi connectivity index (χ4v) is 3.47. The van der Waals surface area contributed by atoms with E-state index in [0.29, 0.717) is 29.1 Å². The van der Waals surface area contributed by atoms with Crippen molar-refractivity contribution in [3.63, 3.8) is 0 Å². The van der Waals surface area contributed by atoms with Gasteiger partial charge in [-0.05, 0) is 60.1 Å². The molecule has 0 aliphatic rings. The summed E-state index contributed by atoms with van der Waals surface area (Å²) in [5.74, 6) is 1.64. The molecule has 0 fully saturated rings. The summed E-state index contributed by atoms with van der Waals surface area (Å²) in [5, 5.41) is 9.79. The molecule has 0 aliphatic carbocycles. The minimum atomic E-state index is -0.588. The number of methoxy groups -OCH3 is 2. The van der Waals surface area contributed by atoms with Gasteiger partial charge in [0.15, 0.2) is 28.7 Å². The van der Waals surface area contributed by atoms with E-state index in [1.807, 2.05) is 24.3 Å². The van der Waals surface area contributed by atoms with Gasteiger partial charge in [0.2, 0.25) is 0 Å². The molecular weight excluding hydrogens is 408 g/mol. The second kappa shape index (κ2) is 10.6. The highest BCUT2D eigenvalue weighted by Gasteiger charge is 2.18. The summed E-state index contributed by atoms with van der Waals surface area (Å²) in [6.07, 6.45) is 5.99. The first kappa shape index (κ1) is 23.1. The Kier molecular flexibility index (Phi) is 7.65. The molecule has 0 aliphatic heterocycles. The maximum Gasteiger partial charge on any atom is 0.364 e. The van der Waals surface area contributed by atoms with Gasteiger partial charge in [-0.15, -0.1) is 0 Å². The van der Waals surface area contributed by atoms with E-state index >= 15 is 0 Å². The first-order valence-corrected chi connectivity index (χ1v) is 10.4. The Hall–Kier alpha value is -3.61. The first-order chi connectivity index (χ1) is 15.4. The minimum absolute atomic E-state index is 0.131. The molecule has 0 unspecified atom stereocenters. The molecule has 168 valence electrons. The number of nitrogens with zero attached hydrogens (tertiary/aromatic N) is 2. The summed E-state index contributed by atoms with van der Waals surface area (Å²) < 4.78 is 16.1. The van der Waals surface area contributed by atoms with Crippen molar-refractivity contribution in [2.24, 2.45) is 11.8 Å². The molecule has 1 aromatic heterocycles. The number of phenols is 1. The summed E-state index contributed by atoms with van der Waals surface area (Å²) in [6, 6.07) is 11.0. The largest absolute Gasteiger partial charge is 0.504 e. The van der Waals surface area contributed by atoms with E-state index < -0.39 is 5.97 Å². The molecule has 7 heteroatoms. The van der Waals surface area contributed by atoms with Crippen LogP contribution in [0.25, 0.3) is 0 Å². The smallest absolute Gasteiger partial charge is 0.364 e. The lowest BCUT2D eigenvalue weighted by Crippen LogP contribution is -2.14. The number of esters is 1. The van der Waals surface area contributed by atoms with Crippen molar-refractivity contribution in [2.75, 3.05) is 14.2 Å². The van der Waals surface area contributed by atoms with Crippen molar-refractivity contribution in [1.29, 1.82) is 0 Å². The van der Waals surface area contributed by atoms with Crippen LogP contribution in [-0.4, -0.2) is 35.3 Å². The Bertz CT molecular complexity index is 1060. The van der Waals surface area contributed by atoms with Crippen molar-refractivity contribution < 1.29 is 24.1 Å². The molecule has 2 atom stereocenters. The van der Waals surface area contributed by atoms with Gasteiger partial charge in [-0.1, -0.05) is 26.0 Å². The van der Waals surface area contributed by atoms with E-state index in [9.17, 15) is 9.90 Å². The molecule has 32 heavy (non-hydrogen) atoms. The van der Waals surface area contributed by atoms with Crippen LogP contribution >= 0.6 is 0 Å². The maximum atomic E-state index is 12.3. The van der Waals surface area contributed by atoms with Crippen molar-refractivity contribution >= 4 is 5.97 Å². The Morgan fingerprint density at radius 2 is 1.53 bits per heavy atom. The molecular formula is C25H28N2O5. The zero-order chi connectivity index (χ0) is 23.1. The monoisotopic (exact) mass is 436 g/mol. The van der Waals surface area contributed by atoms with Crippen LogP contribution in [-0.2, 0) is 12.8 Å². The summed E-state index contributed by atoms with van der Waals surface area (Å²) >= 11 is 0. The summed E-state index contributed by atoms with van der Waals surface area (Å²) in [7, 11) is 3.09. The number of aromatic nitrogens is 2. The third kappa shape index (κ3) is 5.75. The second-order valence-electron chi connectivity index (χ2n) is 7.83. The molecule has 3 rings (SSSR count). The molecule has 0 bridgehead atoms. The van der Waals surface area contributed by atoms with Gasteiger partial charge in [0, 0.05) is 12.4 Å². The average Bonchev–Trinajstić information content (AvgIpc) is 2.81. The highest BCUT2D eigenvalue weighted by molar-refractivity contribution is 5.88. The van der Waals surface area contributed by atoms with Crippen LogP contribution in [0.1, 0.15) is 35.5 Å². The molecule has 0 saturated carbocycles. The van der Waals surface area contributed by atoms with E-state index in [4.69, 9.17) is 14.2 Å². The third-order valence-corrected chi connectivity index (χ3v) is 5.53. The van der Waals surface area contributed by atoms with Gasteiger partial charge >= 0.3 is 5.97 Å². The van der Waals surface area contributed by atoms with Gasteiger partial charge < -0.3 is 19.3 Å². The number of aromatic hydroxyl groups is 1. The van der Waals surface area contributed by atoms with Crippen LogP contribution in [0.15, 0.2) is 55.0 Å². The molecule has 7 nitrogen and oxygen atoms in total. The Labute approximate surface area is 188 Å². The third-order valence-electron chi connectivity index (χ3n) is 5.53. The maximum absolute atomic E-state index is 12.3. The fourth-order valence-electron chi connectivity index (χ4n) is 3.47. The van der Waals surface area contributed by atoms with E-state index in [-0.39, 0.29) is 11.4 Å². The summed E-state index contributed by atoms with van der Waals surface area (Å²) in [4.78, 5) is 20.1. The molecule has 0 saturated heterocycles. The van der Waals surface area contributed by atoms with Gasteiger partial charge in [-0.2, -0.15) is 0 Å². The van der Waals surface area contributed by atoms with E-state index in [1.165, 1.54) is 18.6 Å². The number of ether oxygens (including phenoxy) is 3. The minimum Gasteiger partial charge on any atom is -0.504 e. The normalized spacial score (nSPS) is 12.6. The van der Waals surface area contributed by atoms with E-state index in [0.717, 1.165) is 24.0 Å². The number of rotatable bonds is 9. The Morgan fingerprint density at radius 1 is 0.906 bits per heavy atom. The Morgan fingerprint density at radius 3 is 2.12 bits per heavy atom. The Balaban J connectivity index is 1.65. The van der Waals surface area contributed by atoms with Crippen molar-refractivity contribution in [2.45, 2.75) is 26.7 Å². The van der Waals surface area contributed by atoms with Crippen LogP contribution in [0.3, 0.4) is 0 Å². The number of benzene rings is 2. The zero-order valence-electron chi connectivity index (χ0n) is 18.7. The fraction of sp³-hybridized carbons (Fsp3) is 0.320. The lowest BCUT2D eigenvalue weighted by Gasteiger charge is -2.21. The topological polar surface area (TPSA) is 90.8 Å². The highest BCUT2D eigenvalue weighted by Crippen LogP contribution is 2.32. The van der Waals surface area contributed by atoms with Crippen LogP contribution < -0.4 is 14.2 Å². The SMILES string of the molecule is COc1cc(C[C@@H](C)[C@@H](C)Cc2ccc(OC(=O)c3cnccn3)c(OC)c2)ccc1O. The lowest BCUT2D eigenvalue weighted by atomic mass is 9.85. The molecule has 0 radical (unpaired) electrons. The predicted molar refractivity (Wildman–Crippen MR) is 120 cm³/mol. The molecule has 2 aromatic carbocycles. The van der Waals surface area contributed by atoms with Crippen LogP contribution in [0.4, 0.5) is 0 Å². The van der Waals surface area contributed by atoms with Gasteiger partial charge in [0.25, 0.3) is 0 Å².